The van der Waals surface area contributed by atoms with Gasteiger partial charge in [0.15, 0.2) is 20.4 Å². The number of carbonyl (C=O) groups excluding carboxylic acids is 1. The van der Waals surface area contributed by atoms with Crippen LogP contribution in [0.4, 0.5) is 0 Å². The van der Waals surface area contributed by atoms with Crippen molar-refractivity contribution in [1.82, 2.24) is 4.98 Å². The summed E-state index contributed by atoms with van der Waals surface area (Å²) >= 11 is 1.63. The highest BCUT2D eigenvalue weighted by molar-refractivity contribution is 7.09. The minimum absolute atomic E-state index is 0.0390. The molecule has 51 heavy (non-hydrogen) atoms. The van der Waals surface area contributed by atoms with Crippen LogP contribution in [0.5, 0.6) is 0 Å². The fourth-order valence-electron chi connectivity index (χ4n) is 7.29. The third-order valence-corrected chi connectivity index (χ3v) is 16.9. The van der Waals surface area contributed by atoms with Crippen molar-refractivity contribution < 1.29 is 28.2 Å². The van der Waals surface area contributed by atoms with Crippen LogP contribution in [0.1, 0.15) is 138 Å². The molecule has 0 aliphatic carbocycles. The van der Waals surface area contributed by atoms with Crippen molar-refractivity contribution in [1.29, 1.82) is 0 Å². The van der Waals surface area contributed by atoms with Crippen molar-refractivity contribution in [3.05, 3.63) is 39.9 Å². The molecule has 0 saturated carbocycles. The second-order valence-electron chi connectivity index (χ2n) is 17.7. The average molecular weight is 748 g/mol. The third kappa shape index (κ3) is 12.7. The van der Waals surface area contributed by atoms with Crippen molar-refractivity contribution >= 4 is 25.4 Å². The highest BCUT2D eigenvalue weighted by Crippen LogP contribution is 2.43. The molecule has 3 unspecified atom stereocenters. The van der Waals surface area contributed by atoms with Crippen LogP contribution in [0.3, 0.4) is 0 Å². The molecule has 0 aromatic carbocycles. The molecule has 3 heterocycles. The van der Waals surface area contributed by atoms with Crippen molar-refractivity contribution in [3.63, 3.8) is 0 Å². The molecule has 2 aliphatic rings. The molecule has 0 N–H and O–H groups in total. The third-order valence-electron chi connectivity index (χ3n) is 11.6. The molecule has 0 radical (unpaired) electrons. The lowest BCUT2D eigenvalue weighted by Gasteiger charge is -2.46. The highest BCUT2D eigenvalue weighted by Gasteiger charge is 2.51. The molecule has 0 amide bonds. The van der Waals surface area contributed by atoms with E-state index in [1.165, 1.54) is 5.57 Å². The van der Waals surface area contributed by atoms with Gasteiger partial charge in [0.05, 0.1) is 41.0 Å². The maximum Gasteiger partial charge on any atom is 0.192 e. The Morgan fingerprint density at radius 2 is 1.88 bits per heavy atom. The Bertz CT molecular complexity index is 1290. The monoisotopic (exact) mass is 747 g/mol. The van der Waals surface area contributed by atoms with E-state index in [4.69, 9.17) is 28.4 Å². The van der Waals surface area contributed by atoms with Gasteiger partial charge in [-0.1, -0.05) is 58.4 Å². The smallest absolute Gasteiger partial charge is 0.192 e. The molecule has 0 spiro atoms. The summed E-state index contributed by atoms with van der Waals surface area (Å²) in [6.07, 6.45) is 10.3. The van der Waals surface area contributed by atoms with E-state index in [-0.39, 0.29) is 47.3 Å². The van der Waals surface area contributed by atoms with Crippen molar-refractivity contribution in [2.75, 3.05) is 13.2 Å². The standard InChI is InChI=1S/C42H73NO6SSi/c1-15-34(39(44)42(12,27-33-28-50-32(6)43-33)36-24-26-46-41(10,11)48-36)38(47-37-21-16-17-25-45-37)31(5)20-18-19-30(4)22-23-35(29(2)3)49-51(13,14)40(7,8)9/h22,28,31,34-38H,2,15-21,23-27H2,1,3-14H3/t31-,34?,35-,36-,37?,38-,42?/m0/s1. The Morgan fingerprint density at radius 1 is 1.18 bits per heavy atom. The summed E-state index contributed by atoms with van der Waals surface area (Å²) in [5, 5.41) is 3.25. The number of thiazole rings is 1. The van der Waals surface area contributed by atoms with Gasteiger partial charge in [-0.3, -0.25) is 4.79 Å². The quantitative estimate of drug-likeness (QED) is 0.103. The van der Waals surface area contributed by atoms with E-state index in [1.807, 2.05) is 20.8 Å². The summed E-state index contributed by atoms with van der Waals surface area (Å²) in [5.74, 6) is -0.685. The molecule has 9 heteroatoms. The summed E-state index contributed by atoms with van der Waals surface area (Å²) in [6, 6.07) is 0. The molecule has 292 valence electrons. The summed E-state index contributed by atoms with van der Waals surface area (Å²) in [6.45, 7) is 33.7. The molecule has 1 aromatic rings. The largest absolute Gasteiger partial charge is 0.410 e. The zero-order valence-corrected chi connectivity index (χ0v) is 36.4. The Balaban J connectivity index is 1.81. The lowest BCUT2D eigenvalue weighted by molar-refractivity contribution is -0.291. The van der Waals surface area contributed by atoms with Crippen LogP contribution in [-0.2, 0) is 34.6 Å². The van der Waals surface area contributed by atoms with Gasteiger partial charge < -0.3 is 23.4 Å². The van der Waals surface area contributed by atoms with Crippen LogP contribution in [0.15, 0.2) is 29.2 Å². The topological polar surface area (TPSA) is 76.1 Å². The summed E-state index contributed by atoms with van der Waals surface area (Å²) in [4.78, 5) is 20.0. The first kappa shape index (κ1) is 44.2. The maximum absolute atomic E-state index is 15.2. The molecular formula is C42H73NO6SSi. The first-order chi connectivity index (χ1) is 23.7. The lowest BCUT2D eigenvalue weighted by atomic mass is 9.67. The lowest BCUT2D eigenvalue weighted by Crippen LogP contribution is -2.55. The molecule has 2 fully saturated rings. The van der Waals surface area contributed by atoms with Gasteiger partial charge in [-0.05, 0) is 123 Å². The number of nitrogens with zero attached hydrogens (tertiary/aromatic N) is 1. The SMILES string of the molecule is C=C(C)[C@H](CC=C(C)CCC[C@H](C)[C@H](OC1CCCCO1)C(CC)C(=O)C(C)(Cc1csc(C)n1)[C@@H]1CCOC(C)(C)O1)O[Si](C)(C)C(C)(C)C. The summed E-state index contributed by atoms with van der Waals surface area (Å²) in [5.41, 5.74) is 2.61. The minimum Gasteiger partial charge on any atom is -0.410 e. The molecule has 2 saturated heterocycles. The molecule has 7 nitrogen and oxygen atoms in total. The van der Waals surface area contributed by atoms with E-state index < -0.39 is 19.5 Å². The first-order valence-corrected chi connectivity index (χ1v) is 23.5. The fraction of sp³-hybridized carbons (Fsp3) is 0.810. The van der Waals surface area contributed by atoms with Gasteiger partial charge in [0.25, 0.3) is 0 Å². The van der Waals surface area contributed by atoms with Gasteiger partial charge >= 0.3 is 0 Å². The Kier molecular flexibility index (Phi) is 16.4. The van der Waals surface area contributed by atoms with Crippen LogP contribution in [0.2, 0.25) is 18.1 Å². The Morgan fingerprint density at radius 3 is 2.43 bits per heavy atom. The van der Waals surface area contributed by atoms with Gasteiger partial charge in [0.1, 0.15) is 5.78 Å². The Labute approximate surface area is 316 Å². The molecule has 1 aromatic heterocycles. The number of aryl methyl sites for hydroxylation is 1. The highest BCUT2D eigenvalue weighted by atomic mass is 32.1. The zero-order chi connectivity index (χ0) is 38.2. The zero-order valence-electron chi connectivity index (χ0n) is 34.6. The second kappa shape index (κ2) is 18.9. The summed E-state index contributed by atoms with van der Waals surface area (Å²) in [7, 11) is -1.91. The second-order valence-corrected chi connectivity index (χ2v) is 23.6. The van der Waals surface area contributed by atoms with E-state index in [0.29, 0.717) is 32.5 Å². The number of aromatic nitrogens is 1. The van der Waals surface area contributed by atoms with Gasteiger partial charge in [0, 0.05) is 24.3 Å². The first-order valence-electron chi connectivity index (χ1n) is 19.7. The number of Topliss-reactive ketones (excluding diaryl/α,β-unsaturated/α-hetero) is 1. The molecule has 7 atom stereocenters. The number of hydrogen-bond acceptors (Lipinski definition) is 8. The molecule has 2 aliphatic heterocycles. The predicted molar refractivity (Wildman–Crippen MR) is 214 cm³/mol. The van der Waals surface area contributed by atoms with Crippen molar-refractivity contribution in [2.24, 2.45) is 17.3 Å². The minimum atomic E-state index is -1.91. The molecule has 0 bridgehead atoms. The number of rotatable bonds is 19. The summed E-state index contributed by atoms with van der Waals surface area (Å²) < 4.78 is 32.3. The van der Waals surface area contributed by atoms with Crippen LogP contribution in [-0.4, -0.2) is 62.7 Å². The van der Waals surface area contributed by atoms with Crippen LogP contribution < -0.4 is 0 Å². The number of carbonyl (C=O) groups is 1. The van der Waals surface area contributed by atoms with Gasteiger partial charge in [0.2, 0.25) is 0 Å². The van der Waals surface area contributed by atoms with Gasteiger partial charge in [-0.25, -0.2) is 4.98 Å². The average Bonchev–Trinajstić information content (AvgIpc) is 3.45. The van der Waals surface area contributed by atoms with Crippen LogP contribution >= 0.6 is 11.3 Å². The van der Waals surface area contributed by atoms with Gasteiger partial charge in [-0.2, -0.15) is 0 Å². The predicted octanol–water partition coefficient (Wildman–Crippen LogP) is 11.2. The van der Waals surface area contributed by atoms with E-state index in [2.05, 4.69) is 86.5 Å². The number of hydrogen-bond donors (Lipinski definition) is 0. The van der Waals surface area contributed by atoms with Crippen LogP contribution in [0, 0.1) is 24.2 Å². The number of ether oxygens (including phenoxy) is 4. The van der Waals surface area contributed by atoms with Crippen LogP contribution in [0.25, 0.3) is 0 Å². The van der Waals surface area contributed by atoms with E-state index in [9.17, 15) is 0 Å². The number of allylic oxidation sites excluding steroid dienone is 1. The maximum atomic E-state index is 15.2. The van der Waals surface area contributed by atoms with E-state index >= 15 is 4.79 Å². The molecular weight excluding hydrogens is 675 g/mol. The van der Waals surface area contributed by atoms with Crippen molar-refractivity contribution in [2.45, 2.75) is 189 Å². The Hall–Kier alpha value is -1.20. The normalized spacial score (nSPS) is 24.0. The van der Waals surface area contributed by atoms with Gasteiger partial charge in [-0.15, -0.1) is 11.3 Å². The van der Waals surface area contributed by atoms with Crippen molar-refractivity contribution in [3.8, 4) is 0 Å². The van der Waals surface area contributed by atoms with E-state index in [0.717, 1.165) is 61.2 Å². The molecule has 3 rings (SSSR count). The number of ketones is 1. The fourth-order valence-corrected chi connectivity index (χ4v) is 9.27. The van der Waals surface area contributed by atoms with E-state index in [1.54, 1.807) is 11.3 Å².